The van der Waals surface area contributed by atoms with Crippen LogP contribution in [0.4, 0.5) is 13.2 Å². The fraction of sp³-hybridized carbons (Fsp3) is 0.938. The number of carbonyl (C=O) groups is 1. The molecule has 23 heavy (non-hydrogen) atoms. The number of hydrogen-bond donors (Lipinski definition) is 1. The summed E-state index contributed by atoms with van der Waals surface area (Å²) in [5.41, 5.74) is 0.114. The summed E-state index contributed by atoms with van der Waals surface area (Å²) in [6.07, 6.45) is 1.35. The molecule has 3 fully saturated rings. The third kappa shape index (κ3) is 3.22. The van der Waals surface area contributed by atoms with Gasteiger partial charge in [0.2, 0.25) is 5.91 Å². The van der Waals surface area contributed by atoms with Gasteiger partial charge >= 0.3 is 6.18 Å². The summed E-state index contributed by atoms with van der Waals surface area (Å²) in [6.45, 7) is 1.73. The summed E-state index contributed by atoms with van der Waals surface area (Å²) >= 11 is 0. The number of hydrogen-bond acceptors (Lipinski definition) is 3. The Balaban J connectivity index is 1.59. The molecule has 3 rings (SSSR count). The highest BCUT2D eigenvalue weighted by Crippen LogP contribution is 2.57. The van der Waals surface area contributed by atoms with Crippen molar-refractivity contribution in [2.24, 2.45) is 5.41 Å². The summed E-state index contributed by atoms with van der Waals surface area (Å²) < 4.78 is 43.5. The molecule has 2 aliphatic carbocycles. The first-order valence-corrected chi connectivity index (χ1v) is 8.59. The minimum absolute atomic E-state index is 0.114. The molecule has 0 bridgehead atoms. The van der Waals surface area contributed by atoms with Gasteiger partial charge in [0, 0.05) is 24.6 Å². The van der Waals surface area contributed by atoms with Gasteiger partial charge in [0.25, 0.3) is 0 Å². The van der Waals surface area contributed by atoms with Gasteiger partial charge in [0.1, 0.15) is 6.54 Å². The molecule has 0 radical (unpaired) electrons. The van der Waals surface area contributed by atoms with E-state index >= 15 is 0 Å². The number of nitrogens with one attached hydrogen (secondary N) is 1. The molecule has 1 heterocycles. The lowest BCUT2D eigenvalue weighted by Crippen LogP contribution is -2.70. The van der Waals surface area contributed by atoms with Gasteiger partial charge in [-0.3, -0.25) is 4.79 Å². The minimum Gasteiger partial charge on any atom is -0.378 e. The molecule has 3 aliphatic rings. The lowest BCUT2D eigenvalue weighted by atomic mass is 9.51. The molecule has 1 aliphatic heterocycles. The Kier molecular flexibility index (Phi) is 4.62. The number of ether oxygens (including phenoxy) is 1. The largest absolute Gasteiger partial charge is 0.406 e. The first kappa shape index (κ1) is 17.0. The fourth-order valence-corrected chi connectivity index (χ4v) is 4.38. The molecule has 1 saturated heterocycles. The molecular weight excluding hydrogens is 309 g/mol. The van der Waals surface area contributed by atoms with Crippen molar-refractivity contribution >= 4 is 5.91 Å². The topological polar surface area (TPSA) is 41.6 Å². The van der Waals surface area contributed by atoms with E-state index in [-0.39, 0.29) is 24.1 Å². The van der Waals surface area contributed by atoms with Crippen LogP contribution in [0.3, 0.4) is 0 Å². The van der Waals surface area contributed by atoms with Crippen LogP contribution in [0, 0.1) is 5.41 Å². The molecular formula is C16H25F3N2O2. The Labute approximate surface area is 134 Å². The second kappa shape index (κ2) is 6.24. The van der Waals surface area contributed by atoms with Gasteiger partial charge < -0.3 is 15.0 Å². The van der Waals surface area contributed by atoms with Crippen LogP contribution in [-0.2, 0) is 9.53 Å². The third-order valence-electron chi connectivity index (χ3n) is 5.74. The molecule has 0 aromatic carbocycles. The van der Waals surface area contributed by atoms with Crippen LogP contribution in [0.5, 0.6) is 0 Å². The summed E-state index contributed by atoms with van der Waals surface area (Å²) in [5, 5.41) is 3.36. The lowest BCUT2D eigenvalue weighted by molar-refractivity contribution is -0.180. The maximum Gasteiger partial charge on any atom is 0.406 e. The van der Waals surface area contributed by atoms with Crippen molar-refractivity contribution in [1.82, 2.24) is 10.2 Å². The number of carbonyl (C=O) groups excluding carboxylic acids is 1. The van der Waals surface area contributed by atoms with Gasteiger partial charge in [-0.15, -0.1) is 0 Å². The lowest BCUT2D eigenvalue weighted by Gasteiger charge is -2.62. The summed E-state index contributed by atoms with van der Waals surface area (Å²) in [5.74, 6) is -0.400. The van der Waals surface area contributed by atoms with E-state index in [1.165, 1.54) is 6.42 Å². The molecule has 3 atom stereocenters. The molecule has 0 aromatic heterocycles. The van der Waals surface area contributed by atoms with Gasteiger partial charge in [-0.05, 0) is 39.0 Å². The summed E-state index contributed by atoms with van der Waals surface area (Å²) in [6, 6.07) is -0.274. The predicted molar refractivity (Wildman–Crippen MR) is 78.9 cm³/mol. The average Bonchev–Trinajstić information content (AvgIpc) is 2.38. The van der Waals surface area contributed by atoms with Gasteiger partial charge in [-0.25, -0.2) is 0 Å². The smallest absolute Gasteiger partial charge is 0.378 e. The fourth-order valence-electron chi connectivity index (χ4n) is 4.38. The van der Waals surface area contributed by atoms with E-state index in [4.69, 9.17) is 4.74 Å². The number of rotatable bonds is 5. The normalized spacial score (nSPS) is 33.5. The van der Waals surface area contributed by atoms with Gasteiger partial charge in [-0.1, -0.05) is 6.42 Å². The number of likely N-dealkylation sites (tertiary alicyclic amines) is 1. The second-order valence-corrected chi connectivity index (χ2v) is 7.06. The SMILES string of the molecule is CCO[C@@H]1C[C@@H](N[C@H]2CCCN(CC(F)(F)F)C2=O)C12CCC2. The van der Waals surface area contributed by atoms with Crippen molar-refractivity contribution in [3.05, 3.63) is 0 Å². The van der Waals surface area contributed by atoms with E-state index < -0.39 is 24.7 Å². The minimum atomic E-state index is -4.33. The highest BCUT2D eigenvalue weighted by Gasteiger charge is 2.59. The van der Waals surface area contributed by atoms with E-state index in [1.807, 2.05) is 6.92 Å². The third-order valence-corrected chi connectivity index (χ3v) is 5.74. The zero-order valence-corrected chi connectivity index (χ0v) is 13.5. The van der Waals surface area contributed by atoms with Crippen LogP contribution in [0.25, 0.3) is 0 Å². The summed E-state index contributed by atoms with van der Waals surface area (Å²) in [4.78, 5) is 13.3. The molecule has 1 spiro atoms. The van der Waals surface area contributed by atoms with Crippen molar-refractivity contribution in [2.75, 3.05) is 19.7 Å². The highest BCUT2D eigenvalue weighted by molar-refractivity contribution is 5.82. The Morgan fingerprint density at radius 3 is 2.65 bits per heavy atom. The van der Waals surface area contributed by atoms with Crippen molar-refractivity contribution in [2.45, 2.75) is 69.8 Å². The Morgan fingerprint density at radius 1 is 1.35 bits per heavy atom. The van der Waals surface area contributed by atoms with Crippen LogP contribution in [-0.4, -0.2) is 54.9 Å². The van der Waals surface area contributed by atoms with Crippen LogP contribution in [0.2, 0.25) is 0 Å². The standard InChI is InChI=1S/C16H25F3N2O2/c1-2-23-13-9-12(15(13)6-4-7-15)20-11-5-3-8-21(14(11)22)10-16(17,18)19/h11-13,20H,2-10H2,1H3/t11-,12+,13+/m0/s1. The molecule has 1 amide bonds. The Morgan fingerprint density at radius 2 is 2.09 bits per heavy atom. The monoisotopic (exact) mass is 334 g/mol. The first-order chi connectivity index (χ1) is 10.9. The molecule has 7 heteroatoms. The first-order valence-electron chi connectivity index (χ1n) is 8.59. The maximum atomic E-state index is 12.6. The van der Waals surface area contributed by atoms with Gasteiger partial charge in [0.15, 0.2) is 0 Å². The van der Waals surface area contributed by atoms with Gasteiger partial charge in [-0.2, -0.15) is 13.2 Å². The Hall–Kier alpha value is -0.820. The van der Waals surface area contributed by atoms with Gasteiger partial charge in [0.05, 0.1) is 12.1 Å². The number of halogens is 3. The number of amides is 1. The predicted octanol–water partition coefficient (Wildman–Crippen LogP) is 2.48. The zero-order valence-electron chi connectivity index (χ0n) is 13.5. The molecule has 1 N–H and O–H groups in total. The van der Waals surface area contributed by atoms with Crippen molar-refractivity contribution in [1.29, 1.82) is 0 Å². The van der Waals surface area contributed by atoms with E-state index in [9.17, 15) is 18.0 Å². The van der Waals surface area contributed by atoms with E-state index in [0.29, 0.717) is 19.4 Å². The van der Waals surface area contributed by atoms with Crippen molar-refractivity contribution < 1.29 is 22.7 Å². The second-order valence-electron chi connectivity index (χ2n) is 7.06. The molecule has 4 nitrogen and oxygen atoms in total. The van der Waals surface area contributed by atoms with E-state index in [0.717, 1.165) is 24.2 Å². The Bertz CT molecular complexity index is 451. The number of alkyl halides is 3. The number of piperidine rings is 1. The van der Waals surface area contributed by atoms with Crippen molar-refractivity contribution in [3.8, 4) is 0 Å². The summed E-state index contributed by atoms with van der Waals surface area (Å²) in [7, 11) is 0. The maximum absolute atomic E-state index is 12.6. The van der Waals surface area contributed by atoms with E-state index in [1.54, 1.807) is 0 Å². The van der Waals surface area contributed by atoms with Crippen LogP contribution >= 0.6 is 0 Å². The average molecular weight is 334 g/mol. The van der Waals surface area contributed by atoms with Crippen LogP contribution in [0.15, 0.2) is 0 Å². The highest BCUT2D eigenvalue weighted by atomic mass is 19.4. The molecule has 0 aromatic rings. The molecule has 2 saturated carbocycles. The van der Waals surface area contributed by atoms with E-state index in [2.05, 4.69) is 5.32 Å². The number of nitrogens with zero attached hydrogens (tertiary/aromatic N) is 1. The van der Waals surface area contributed by atoms with Crippen LogP contribution in [0.1, 0.15) is 45.4 Å². The quantitative estimate of drug-likeness (QED) is 0.840. The zero-order chi connectivity index (χ0) is 16.7. The van der Waals surface area contributed by atoms with Crippen LogP contribution < -0.4 is 5.32 Å². The molecule has 132 valence electrons. The van der Waals surface area contributed by atoms with Crippen molar-refractivity contribution in [3.63, 3.8) is 0 Å². The molecule has 0 unspecified atom stereocenters.